The van der Waals surface area contributed by atoms with Crippen LogP contribution in [0.25, 0.3) is 0 Å². The van der Waals surface area contributed by atoms with Crippen molar-refractivity contribution in [3.8, 4) is 0 Å². The van der Waals surface area contributed by atoms with Crippen molar-refractivity contribution >= 4 is 0 Å². The predicted octanol–water partition coefficient (Wildman–Crippen LogP) is 4.32. The van der Waals surface area contributed by atoms with E-state index in [1.807, 2.05) is 0 Å². The molecule has 0 bridgehead atoms. The third kappa shape index (κ3) is 3.47. The van der Waals surface area contributed by atoms with Gasteiger partial charge in [0.15, 0.2) is 0 Å². The lowest BCUT2D eigenvalue weighted by molar-refractivity contribution is 0.0727. The van der Waals surface area contributed by atoms with E-state index in [1.165, 1.54) is 51.6 Å². The molecule has 2 aliphatic rings. The van der Waals surface area contributed by atoms with Crippen molar-refractivity contribution < 1.29 is 0 Å². The van der Waals surface area contributed by atoms with E-state index < -0.39 is 0 Å². The molecule has 0 atom stereocenters. The van der Waals surface area contributed by atoms with Crippen molar-refractivity contribution in [3.63, 3.8) is 0 Å². The van der Waals surface area contributed by atoms with Gasteiger partial charge >= 0.3 is 0 Å². The monoisotopic (exact) mass is 237 g/mol. The van der Waals surface area contributed by atoms with Gasteiger partial charge in [-0.3, -0.25) is 0 Å². The van der Waals surface area contributed by atoms with Gasteiger partial charge in [0, 0.05) is 6.04 Å². The maximum Gasteiger partial charge on any atom is 0.00954 e. The van der Waals surface area contributed by atoms with Gasteiger partial charge in [-0.25, -0.2) is 0 Å². The summed E-state index contributed by atoms with van der Waals surface area (Å²) in [5.41, 5.74) is 0.529. The van der Waals surface area contributed by atoms with E-state index in [-0.39, 0.29) is 0 Å². The highest BCUT2D eigenvalue weighted by molar-refractivity contribution is 4.86. The van der Waals surface area contributed by atoms with E-state index in [2.05, 4.69) is 32.6 Å². The van der Waals surface area contributed by atoms with Crippen LogP contribution in [0.4, 0.5) is 0 Å². The summed E-state index contributed by atoms with van der Waals surface area (Å²) in [5.74, 6) is 1.93. The zero-order valence-corrected chi connectivity index (χ0v) is 12.3. The minimum Gasteiger partial charge on any atom is -0.300 e. The summed E-state index contributed by atoms with van der Waals surface area (Å²) >= 11 is 0. The molecule has 0 aromatic heterocycles. The molecule has 0 aromatic carbocycles. The molecule has 0 spiro atoms. The second-order valence-electron chi connectivity index (χ2n) is 7.59. The van der Waals surface area contributed by atoms with Gasteiger partial charge in [-0.1, -0.05) is 27.7 Å². The van der Waals surface area contributed by atoms with Crippen LogP contribution in [0.3, 0.4) is 0 Å². The first-order valence-corrected chi connectivity index (χ1v) is 7.71. The predicted molar refractivity (Wildman–Crippen MR) is 75.2 cm³/mol. The Hall–Kier alpha value is -0.0400. The molecular formula is C16H31N. The van der Waals surface area contributed by atoms with Crippen LogP contribution in [-0.2, 0) is 0 Å². The Balaban J connectivity index is 1.79. The van der Waals surface area contributed by atoms with Gasteiger partial charge in [0.1, 0.15) is 0 Å². The minimum absolute atomic E-state index is 0.529. The number of likely N-dealkylation sites (tertiary alicyclic amines) is 1. The Morgan fingerprint density at radius 1 is 0.824 bits per heavy atom. The van der Waals surface area contributed by atoms with Crippen LogP contribution in [0, 0.1) is 17.3 Å². The molecule has 1 heteroatoms. The van der Waals surface area contributed by atoms with Crippen molar-refractivity contribution in [1.29, 1.82) is 0 Å². The molecular weight excluding hydrogens is 206 g/mol. The van der Waals surface area contributed by atoms with Crippen LogP contribution in [-0.4, -0.2) is 24.0 Å². The molecule has 0 N–H and O–H groups in total. The van der Waals surface area contributed by atoms with Gasteiger partial charge in [-0.15, -0.1) is 0 Å². The zero-order chi connectivity index (χ0) is 12.5. The summed E-state index contributed by atoms with van der Waals surface area (Å²) in [5, 5.41) is 0. The fourth-order valence-electron chi connectivity index (χ4n) is 3.70. The van der Waals surface area contributed by atoms with E-state index in [1.54, 1.807) is 0 Å². The number of nitrogens with zero attached hydrogens (tertiary/aromatic N) is 1. The molecule has 17 heavy (non-hydrogen) atoms. The van der Waals surface area contributed by atoms with E-state index in [0.717, 1.165) is 17.9 Å². The van der Waals surface area contributed by atoms with Gasteiger partial charge in [0.2, 0.25) is 0 Å². The summed E-state index contributed by atoms with van der Waals surface area (Å²) in [6.07, 6.45) is 8.69. The SMILES string of the molecule is CC1CCN(C2CCC(C(C)(C)C)CC2)CC1. The molecule has 1 nitrogen and oxygen atoms in total. The average molecular weight is 237 g/mol. The molecule has 1 aliphatic heterocycles. The molecule has 1 saturated heterocycles. The van der Waals surface area contributed by atoms with Crippen LogP contribution in [0.2, 0.25) is 0 Å². The highest BCUT2D eigenvalue weighted by atomic mass is 15.2. The Morgan fingerprint density at radius 2 is 1.35 bits per heavy atom. The minimum atomic E-state index is 0.529. The van der Waals surface area contributed by atoms with E-state index in [4.69, 9.17) is 0 Å². The second kappa shape index (κ2) is 5.30. The molecule has 0 unspecified atom stereocenters. The molecule has 2 fully saturated rings. The lowest BCUT2D eigenvalue weighted by atomic mass is 9.71. The number of piperidine rings is 1. The largest absolute Gasteiger partial charge is 0.300 e. The molecule has 2 rings (SSSR count). The van der Waals surface area contributed by atoms with Crippen LogP contribution in [0.15, 0.2) is 0 Å². The fraction of sp³-hybridized carbons (Fsp3) is 1.00. The normalized spacial score (nSPS) is 33.9. The number of rotatable bonds is 1. The van der Waals surface area contributed by atoms with Gasteiger partial charge in [0.25, 0.3) is 0 Å². The molecule has 1 aliphatic carbocycles. The van der Waals surface area contributed by atoms with Crippen LogP contribution in [0.5, 0.6) is 0 Å². The molecule has 100 valence electrons. The van der Waals surface area contributed by atoms with E-state index >= 15 is 0 Å². The first-order valence-electron chi connectivity index (χ1n) is 7.71. The summed E-state index contributed by atoms with van der Waals surface area (Å²) in [7, 11) is 0. The van der Waals surface area contributed by atoms with Crippen LogP contribution in [0.1, 0.15) is 66.2 Å². The highest BCUT2D eigenvalue weighted by Crippen LogP contribution is 2.39. The average Bonchev–Trinajstić information content (AvgIpc) is 2.29. The highest BCUT2D eigenvalue weighted by Gasteiger charge is 2.32. The fourth-order valence-corrected chi connectivity index (χ4v) is 3.70. The summed E-state index contributed by atoms with van der Waals surface area (Å²) in [4.78, 5) is 2.79. The van der Waals surface area contributed by atoms with Crippen molar-refractivity contribution in [2.75, 3.05) is 13.1 Å². The van der Waals surface area contributed by atoms with E-state index in [9.17, 15) is 0 Å². The first-order chi connectivity index (χ1) is 7.97. The maximum absolute atomic E-state index is 2.79. The van der Waals surface area contributed by atoms with Gasteiger partial charge in [0.05, 0.1) is 0 Å². The topological polar surface area (TPSA) is 3.24 Å². The lowest BCUT2D eigenvalue weighted by Gasteiger charge is -2.43. The third-order valence-corrected chi connectivity index (χ3v) is 5.26. The third-order valence-electron chi connectivity index (χ3n) is 5.26. The molecule has 1 saturated carbocycles. The van der Waals surface area contributed by atoms with Gasteiger partial charge in [-0.05, 0) is 68.9 Å². The van der Waals surface area contributed by atoms with Gasteiger partial charge in [-0.2, -0.15) is 0 Å². The molecule has 0 aromatic rings. The molecule has 0 amide bonds. The molecule has 1 heterocycles. The molecule has 0 radical (unpaired) electrons. The smallest absolute Gasteiger partial charge is 0.00954 e. The Morgan fingerprint density at radius 3 is 1.82 bits per heavy atom. The number of hydrogen-bond donors (Lipinski definition) is 0. The Kier molecular flexibility index (Phi) is 4.18. The van der Waals surface area contributed by atoms with Crippen LogP contribution >= 0.6 is 0 Å². The second-order valence-corrected chi connectivity index (χ2v) is 7.59. The quantitative estimate of drug-likeness (QED) is 0.656. The van der Waals surface area contributed by atoms with Crippen LogP contribution < -0.4 is 0 Å². The van der Waals surface area contributed by atoms with E-state index in [0.29, 0.717) is 5.41 Å². The maximum atomic E-state index is 2.79. The Bertz CT molecular complexity index is 224. The van der Waals surface area contributed by atoms with Crippen molar-refractivity contribution in [2.24, 2.45) is 17.3 Å². The van der Waals surface area contributed by atoms with Crippen molar-refractivity contribution in [1.82, 2.24) is 4.90 Å². The first kappa shape index (κ1) is 13.4. The zero-order valence-electron chi connectivity index (χ0n) is 12.3. The van der Waals surface area contributed by atoms with Crippen molar-refractivity contribution in [3.05, 3.63) is 0 Å². The summed E-state index contributed by atoms with van der Waals surface area (Å²) in [6.45, 7) is 12.4. The summed E-state index contributed by atoms with van der Waals surface area (Å²) in [6, 6.07) is 0.918. The lowest BCUT2D eigenvalue weighted by Crippen LogP contribution is -2.43. The Labute approximate surface area is 108 Å². The van der Waals surface area contributed by atoms with Gasteiger partial charge < -0.3 is 4.90 Å². The van der Waals surface area contributed by atoms with Crippen molar-refractivity contribution in [2.45, 2.75) is 72.3 Å². The number of hydrogen-bond acceptors (Lipinski definition) is 1. The standard InChI is InChI=1S/C16H31N/c1-13-9-11-17(12-10-13)15-7-5-14(6-8-15)16(2,3)4/h13-15H,5-12H2,1-4H3. The summed E-state index contributed by atoms with van der Waals surface area (Å²) < 4.78 is 0.